The van der Waals surface area contributed by atoms with Gasteiger partial charge in [0.2, 0.25) is 0 Å². The molecule has 0 aliphatic rings. The van der Waals surface area contributed by atoms with Crippen molar-refractivity contribution in [3.8, 4) is 5.75 Å². The maximum atomic E-state index is 5.54. The fraction of sp³-hybridized carbons (Fsp3) is 0.550. The highest BCUT2D eigenvalue weighted by molar-refractivity contribution is 5.37. The van der Waals surface area contributed by atoms with E-state index >= 15 is 0 Å². The molecular weight excluding hydrogens is 312 g/mol. The second kappa shape index (κ2) is 9.59. The van der Waals surface area contributed by atoms with E-state index < -0.39 is 0 Å². The van der Waals surface area contributed by atoms with Crippen LogP contribution in [0.5, 0.6) is 5.75 Å². The summed E-state index contributed by atoms with van der Waals surface area (Å²) in [7, 11) is 1.74. The van der Waals surface area contributed by atoms with Crippen LogP contribution in [0.4, 0.5) is 0 Å². The predicted octanol–water partition coefficient (Wildman–Crippen LogP) is 3.35. The van der Waals surface area contributed by atoms with Gasteiger partial charge in [-0.3, -0.25) is 9.58 Å². The summed E-state index contributed by atoms with van der Waals surface area (Å²) in [4.78, 5) is 2.40. The molecule has 1 heterocycles. The van der Waals surface area contributed by atoms with Gasteiger partial charge in [0.05, 0.1) is 13.3 Å². The predicted molar refractivity (Wildman–Crippen MR) is 103 cm³/mol. The number of hydrogen-bond donors (Lipinski definition) is 1. The van der Waals surface area contributed by atoms with Crippen molar-refractivity contribution in [1.29, 1.82) is 0 Å². The van der Waals surface area contributed by atoms with E-state index in [0.717, 1.165) is 45.0 Å². The van der Waals surface area contributed by atoms with Gasteiger partial charge in [0, 0.05) is 43.0 Å². The largest absolute Gasteiger partial charge is 0.496 e. The summed E-state index contributed by atoms with van der Waals surface area (Å²) < 4.78 is 7.57. The summed E-state index contributed by atoms with van der Waals surface area (Å²) in [6.07, 6.45) is 1.96. The Morgan fingerprint density at radius 3 is 2.48 bits per heavy atom. The third kappa shape index (κ3) is 5.06. The Bertz CT molecular complexity index is 662. The van der Waals surface area contributed by atoms with Crippen LogP contribution >= 0.6 is 0 Å². The molecule has 1 aromatic heterocycles. The second-order valence-electron chi connectivity index (χ2n) is 6.28. The Balaban J connectivity index is 2.00. The molecule has 0 aliphatic heterocycles. The lowest BCUT2D eigenvalue weighted by Gasteiger charge is -2.20. The van der Waals surface area contributed by atoms with Gasteiger partial charge >= 0.3 is 0 Å². The number of benzene rings is 1. The summed E-state index contributed by atoms with van der Waals surface area (Å²) in [5.74, 6) is 0.968. The molecule has 0 radical (unpaired) electrons. The molecule has 0 saturated heterocycles. The normalized spacial score (nSPS) is 11.3. The molecule has 2 aromatic rings. The van der Waals surface area contributed by atoms with Gasteiger partial charge in [-0.1, -0.05) is 19.9 Å². The zero-order valence-corrected chi connectivity index (χ0v) is 16.3. The number of ether oxygens (including phenoxy) is 1. The van der Waals surface area contributed by atoms with Crippen LogP contribution in [0, 0.1) is 6.92 Å². The van der Waals surface area contributed by atoms with Crippen LogP contribution in [0.25, 0.3) is 0 Å². The molecule has 25 heavy (non-hydrogen) atoms. The molecule has 0 spiro atoms. The van der Waals surface area contributed by atoms with Gasteiger partial charge in [0.15, 0.2) is 0 Å². The van der Waals surface area contributed by atoms with E-state index in [1.807, 2.05) is 10.9 Å². The van der Waals surface area contributed by atoms with Crippen LogP contribution in [0.3, 0.4) is 0 Å². The molecule has 1 aromatic carbocycles. The lowest BCUT2D eigenvalue weighted by molar-refractivity contribution is 0.289. The molecule has 0 saturated carbocycles. The van der Waals surface area contributed by atoms with Gasteiger partial charge in [-0.15, -0.1) is 0 Å². The molecule has 0 fully saturated rings. The Kier molecular flexibility index (Phi) is 7.47. The maximum Gasteiger partial charge on any atom is 0.123 e. The molecule has 138 valence electrons. The van der Waals surface area contributed by atoms with Crippen molar-refractivity contribution in [3.63, 3.8) is 0 Å². The molecule has 2 rings (SSSR count). The number of rotatable bonds is 10. The smallest absolute Gasteiger partial charge is 0.123 e. The van der Waals surface area contributed by atoms with Crippen LogP contribution in [0.15, 0.2) is 24.4 Å². The van der Waals surface area contributed by atoms with Crippen molar-refractivity contribution in [2.24, 2.45) is 0 Å². The number of nitrogens with one attached hydrogen (secondary N) is 1. The Morgan fingerprint density at radius 1 is 1.12 bits per heavy atom. The quantitative estimate of drug-likeness (QED) is 0.718. The number of hydrogen-bond acceptors (Lipinski definition) is 4. The topological polar surface area (TPSA) is 42.3 Å². The summed E-state index contributed by atoms with van der Waals surface area (Å²) in [5.41, 5.74) is 5.04. The van der Waals surface area contributed by atoms with Crippen LogP contribution in [0.2, 0.25) is 0 Å². The highest BCUT2D eigenvalue weighted by atomic mass is 16.5. The average Bonchev–Trinajstić information content (AvgIpc) is 2.99. The third-order valence-corrected chi connectivity index (χ3v) is 4.78. The second-order valence-corrected chi connectivity index (χ2v) is 6.28. The lowest BCUT2D eigenvalue weighted by atomic mass is 10.1. The minimum atomic E-state index is 0.837. The molecule has 0 amide bonds. The highest BCUT2D eigenvalue weighted by Gasteiger charge is 2.09. The third-order valence-electron chi connectivity index (χ3n) is 4.78. The SMILES string of the molecule is CCN(CC)Cc1cc(CNCc2cnn(CC)c2C)ccc1OC. The molecule has 0 bridgehead atoms. The first kappa shape index (κ1) is 19.5. The zero-order chi connectivity index (χ0) is 18.2. The zero-order valence-electron chi connectivity index (χ0n) is 16.3. The minimum absolute atomic E-state index is 0.837. The fourth-order valence-corrected chi connectivity index (χ4v) is 3.07. The van der Waals surface area contributed by atoms with Crippen molar-refractivity contribution in [2.75, 3.05) is 20.2 Å². The Hall–Kier alpha value is -1.85. The summed E-state index contributed by atoms with van der Waals surface area (Å²) in [6.45, 7) is 14.2. The van der Waals surface area contributed by atoms with E-state index in [-0.39, 0.29) is 0 Å². The number of aromatic nitrogens is 2. The van der Waals surface area contributed by atoms with Gasteiger partial charge < -0.3 is 10.1 Å². The van der Waals surface area contributed by atoms with Crippen LogP contribution in [0.1, 0.15) is 43.2 Å². The van der Waals surface area contributed by atoms with E-state index in [1.165, 1.54) is 22.4 Å². The minimum Gasteiger partial charge on any atom is -0.496 e. The first-order valence-electron chi connectivity index (χ1n) is 9.22. The Morgan fingerprint density at radius 2 is 1.88 bits per heavy atom. The fourth-order valence-electron chi connectivity index (χ4n) is 3.07. The molecule has 5 heteroatoms. The van der Waals surface area contributed by atoms with E-state index in [1.54, 1.807) is 7.11 Å². The van der Waals surface area contributed by atoms with Gasteiger partial charge in [0.25, 0.3) is 0 Å². The number of nitrogens with zero attached hydrogens (tertiary/aromatic N) is 3. The van der Waals surface area contributed by atoms with Crippen molar-refractivity contribution in [2.45, 2.75) is 53.9 Å². The number of aryl methyl sites for hydroxylation is 1. The molecule has 0 atom stereocenters. The van der Waals surface area contributed by atoms with Crippen LogP contribution < -0.4 is 10.1 Å². The summed E-state index contributed by atoms with van der Waals surface area (Å²) in [5, 5.41) is 7.94. The maximum absolute atomic E-state index is 5.54. The van der Waals surface area contributed by atoms with Crippen molar-refractivity contribution in [3.05, 3.63) is 46.8 Å². The molecule has 0 aliphatic carbocycles. The van der Waals surface area contributed by atoms with E-state index in [2.05, 4.69) is 61.2 Å². The van der Waals surface area contributed by atoms with Gasteiger partial charge in [-0.05, 0) is 44.6 Å². The lowest BCUT2D eigenvalue weighted by Crippen LogP contribution is -2.22. The molecular formula is C20H32N4O. The van der Waals surface area contributed by atoms with Crippen molar-refractivity contribution < 1.29 is 4.74 Å². The van der Waals surface area contributed by atoms with Crippen molar-refractivity contribution in [1.82, 2.24) is 20.0 Å². The average molecular weight is 345 g/mol. The molecule has 0 unspecified atom stereocenters. The van der Waals surface area contributed by atoms with E-state index in [4.69, 9.17) is 4.74 Å². The Labute approximate surface area is 152 Å². The highest BCUT2D eigenvalue weighted by Crippen LogP contribution is 2.22. The van der Waals surface area contributed by atoms with Gasteiger partial charge in [0.1, 0.15) is 5.75 Å². The van der Waals surface area contributed by atoms with Gasteiger partial charge in [-0.25, -0.2) is 0 Å². The molecule has 1 N–H and O–H groups in total. The summed E-state index contributed by atoms with van der Waals surface area (Å²) >= 11 is 0. The molecule has 5 nitrogen and oxygen atoms in total. The first-order chi connectivity index (χ1) is 12.1. The monoisotopic (exact) mass is 344 g/mol. The van der Waals surface area contributed by atoms with Crippen LogP contribution in [-0.4, -0.2) is 34.9 Å². The van der Waals surface area contributed by atoms with Gasteiger partial charge in [-0.2, -0.15) is 5.10 Å². The van der Waals surface area contributed by atoms with Crippen LogP contribution in [-0.2, 0) is 26.2 Å². The standard InChI is InChI=1S/C20H32N4O/c1-6-23(7-2)15-18-11-17(9-10-20(18)25-5)12-21-13-19-14-22-24(8-3)16(19)4/h9-11,14,21H,6-8,12-13,15H2,1-5H3. The number of methoxy groups -OCH3 is 1. The first-order valence-corrected chi connectivity index (χ1v) is 9.22. The van der Waals surface area contributed by atoms with E-state index in [0.29, 0.717) is 0 Å². The summed E-state index contributed by atoms with van der Waals surface area (Å²) in [6, 6.07) is 6.47. The van der Waals surface area contributed by atoms with E-state index in [9.17, 15) is 0 Å². The van der Waals surface area contributed by atoms with Crippen molar-refractivity contribution >= 4 is 0 Å².